The van der Waals surface area contributed by atoms with Crippen LogP contribution in [0.4, 0.5) is 0 Å². The number of ether oxygens (including phenoxy) is 1. The van der Waals surface area contributed by atoms with Gasteiger partial charge in [-0.1, -0.05) is 53.4 Å². The summed E-state index contributed by atoms with van der Waals surface area (Å²) in [6, 6.07) is 0. The molecule has 0 saturated carbocycles. The van der Waals surface area contributed by atoms with E-state index in [9.17, 15) is 0 Å². The van der Waals surface area contributed by atoms with E-state index in [-0.39, 0.29) is 0 Å². The summed E-state index contributed by atoms with van der Waals surface area (Å²) < 4.78 is 11.7. The zero-order chi connectivity index (χ0) is 14.1. The molecule has 0 rings (SSSR count). The molecule has 0 amide bonds. The van der Waals surface area contributed by atoms with Gasteiger partial charge in [-0.3, -0.25) is 0 Å². The average Bonchev–Trinajstić information content (AvgIpc) is 2.25. The smallest absolute Gasteiger partial charge is 0.192 e. The Bertz CT molecular complexity index is 197. The van der Waals surface area contributed by atoms with Crippen molar-refractivity contribution in [2.75, 3.05) is 19.8 Å². The Morgan fingerprint density at radius 3 is 2.00 bits per heavy atom. The van der Waals surface area contributed by atoms with Crippen LogP contribution in [0.3, 0.4) is 0 Å². The van der Waals surface area contributed by atoms with Gasteiger partial charge >= 0.3 is 0 Å². The molecular formula is C15H34O2Si. The van der Waals surface area contributed by atoms with E-state index in [1.54, 1.807) is 0 Å². The Balaban J connectivity index is 3.41. The van der Waals surface area contributed by atoms with Crippen molar-refractivity contribution in [3.63, 3.8) is 0 Å². The van der Waals surface area contributed by atoms with Crippen molar-refractivity contribution in [3.05, 3.63) is 0 Å². The van der Waals surface area contributed by atoms with Gasteiger partial charge in [0.15, 0.2) is 8.32 Å². The van der Waals surface area contributed by atoms with Crippen molar-refractivity contribution >= 4 is 8.32 Å². The van der Waals surface area contributed by atoms with E-state index in [0.29, 0.717) is 5.04 Å². The molecule has 0 heterocycles. The molecule has 0 aliphatic rings. The molecule has 0 aromatic carbocycles. The van der Waals surface area contributed by atoms with Crippen LogP contribution in [0, 0.1) is 0 Å². The highest BCUT2D eigenvalue weighted by molar-refractivity contribution is 6.74. The number of hydrogen-bond donors (Lipinski definition) is 0. The fourth-order valence-corrected chi connectivity index (χ4v) is 2.51. The predicted molar refractivity (Wildman–Crippen MR) is 82.7 cm³/mol. The lowest BCUT2D eigenvalue weighted by atomic mass is 10.2. The highest BCUT2D eigenvalue weighted by atomic mass is 28.4. The van der Waals surface area contributed by atoms with E-state index in [0.717, 1.165) is 19.8 Å². The summed E-state index contributed by atoms with van der Waals surface area (Å²) >= 11 is 0. The summed E-state index contributed by atoms with van der Waals surface area (Å²) in [5.74, 6) is 0. The van der Waals surface area contributed by atoms with Crippen LogP contribution >= 0.6 is 0 Å². The van der Waals surface area contributed by atoms with Crippen LogP contribution in [-0.4, -0.2) is 28.1 Å². The lowest BCUT2D eigenvalue weighted by molar-refractivity contribution is 0.0925. The van der Waals surface area contributed by atoms with Crippen LogP contribution in [0.25, 0.3) is 0 Å². The third kappa shape index (κ3) is 8.28. The Hall–Kier alpha value is 0.137. The first-order valence-electron chi connectivity index (χ1n) is 7.53. The van der Waals surface area contributed by atoms with Gasteiger partial charge in [0.1, 0.15) is 0 Å². The summed E-state index contributed by atoms with van der Waals surface area (Å²) in [6.07, 6.45) is 6.51. The molecule has 0 fully saturated rings. The second-order valence-electron chi connectivity index (χ2n) is 6.64. The molecule has 0 aromatic heterocycles. The van der Waals surface area contributed by atoms with Crippen molar-refractivity contribution in [1.29, 1.82) is 0 Å². The SMILES string of the molecule is CCCCCCCOCCO[Si](C)(C)C(C)(C)C. The Labute approximate surface area is 116 Å². The van der Waals surface area contributed by atoms with Gasteiger partial charge in [-0.25, -0.2) is 0 Å². The zero-order valence-electron chi connectivity index (χ0n) is 13.5. The maximum Gasteiger partial charge on any atom is 0.192 e. The molecule has 0 N–H and O–H groups in total. The summed E-state index contributed by atoms with van der Waals surface area (Å²) in [4.78, 5) is 0. The van der Waals surface area contributed by atoms with Gasteiger partial charge < -0.3 is 9.16 Å². The van der Waals surface area contributed by atoms with Gasteiger partial charge in [-0.15, -0.1) is 0 Å². The van der Waals surface area contributed by atoms with Crippen LogP contribution in [-0.2, 0) is 9.16 Å². The Kier molecular flexibility index (Phi) is 9.18. The minimum Gasteiger partial charge on any atom is -0.414 e. The first-order chi connectivity index (χ1) is 8.31. The fraction of sp³-hybridized carbons (Fsp3) is 1.00. The largest absolute Gasteiger partial charge is 0.414 e. The van der Waals surface area contributed by atoms with E-state index in [1.807, 2.05) is 0 Å². The van der Waals surface area contributed by atoms with E-state index in [4.69, 9.17) is 9.16 Å². The molecule has 3 heteroatoms. The molecule has 0 radical (unpaired) electrons. The second-order valence-corrected chi connectivity index (χ2v) is 11.4. The standard InChI is InChI=1S/C15H34O2Si/c1-7-8-9-10-11-12-16-13-14-17-18(5,6)15(2,3)4/h7-14H2,1-6H3. The first kappa shape index (κ1) is 18.1. The predicted octanol–water partition coefficient (Wildman–Crippen LogP) is 5.00. The fourth-order valence-electron chi connectivity index (χ4n) is 1.48. The molecule has 0 atom stereocenters. The molecule has 0 saturated heterocycles. The molecule has 0 unspecified atom stereocenters. The third-order valence-corrected chi connectivity index (χ3v) is 8.43. The van der Waals surface area contributed by atoms with Crippen LogP contribution < -0.4 is 0 Å². The lowest BCUT2D eigenvalue weighted by Gasteiger charge is -2.36. The van der Waals surface area contributed by atoms with Gasteiger partial charge in [0.2, 0.25) is 0 Å². The van der Waals surface area contributed by atoms with Gasteiger partial charge in [-0.2, -0.15) is 0 Å². The zero-order valence-corrected chi connectivity index (χ0v) is 14.5. The molecule has 0 aliphatic carbocycles. The minimum atomic E-state index is -1.57. The topological polar surface area (TPSA) is 18.5 Å². The molecule has 0 bridgehead atoms. The monoisotopic (exact) mass is 274 g/mol. The minimum absolute atomic E-state index is 0.299. The van der Waals surface area contributed by atoms with E-state index in [2.05, 4.69) is 40.8 Å². The maximum absolute atomic E-state index is 6.05. The summed E-state index contributed by atoms with van der Waals surface area (Å²) in [5, 5.41) is 0.299. The quantitative estimate of drug-likeness (QED) is 0.412. The van der Waals surface area contributed by atoms with Crippen LogP contribution in [0.5, 0.6) is 0 Å². The normalized spacial score (nSPS) is 13.0. The second kappa shape index (κ2) is 9.11. The molecule has 110 valence electrons. The maximum atomic E-state index is 6.05. The van der Waals surface area contributed by atoms with Gasteiger partial charge in [-0.05, 0) is 24.6 Å². The first-order valence-corrected chi connectivity index (χ1v) is 10.4. The Morgan fingerprint density at radius 1 is 0.833 bits per heavy atom. The van der Waals surface area contributed by atoms with Crippen molar-refractivity contribution in [2.45, 2.75) is 77.9 Å². The molecule has 0 spiro atoms. The molecule has 2 nitrogen and oxygen atoms in total. The van der Waals surface area contributed by atoms with Gasteiger partial charge in [0.25, 0.3) is 0 Å². The summed E-state index contributed by atoms with van der Waals surface area (Å²) in [5.41, 5.74) is 0. The number of unbranched alkanes of at least 4 members (excludes halogenated alkanes) is 4. The van der Waals surface area contributed by atoms with Crippen molar-refractivity contribution < 1.29 is 9.16 Å². The van der Waals surface area contributed by atoms with Crippen LogP contribution in [0.1, 0.15) is 59.8 Å². The molecule has 0 aromatic rings. The molecular weight excluding hydrogens is 240 g/mol. The molecule has 0 aliphatic heterocycles. The summed E-state index contributed by atoms with van der Waals surface area (Å²) in [6.45, 7) is 16.0. The highest BCUT2D eigenvalue weighted by Gasteiger charge is 2.36. The van der Waals surface area contributed by atoms with Crippen molar-refractivity contribution in [1.82, 2.24) is 0 Å². The highest BCUT2D eigenvalue weighted by Crippen LogP contribution is 2.36. The van der Waals surface area contributed by atoms with Gasteiger partial charge in [0.05, 0.1) is 13.2 Å². The number of hydrogen-bond acceptors (Lipinski definition) is 2. The van der Waals surface area contributed by atoms with Crippen LogP contribution in [0.15, 0.2) is 0 Å². The van der Waals surface area contributed by atoms with E-state index >= 15 is 0 Å². The van der Waals surface area contributed by atoms with E-state index < -0.39 is 8.32 Å². The summed E-state index contributed by atoms with van der Waals surface area (Å²) in [7, 11) is -1.57. The van der Waals surface area contributed by atoms with Crippen molar-refractivity contribution in [3.8, 4) is 0 Å². The van der Waals surface area contributed by atoms with E-state index in [1.165, 1.54) is 32.1 Å². The van der Waals surface area contributed by atoms with Crippen molar-refractivity contribution in [2.24, 2.45) is 0 Å². The van der Waals surface area contributed by atoms with Crippen LogP contribution in [0.2, 0.25) is 18.1 Å². The molecule has 18 heavy (non-hydrogen) atoms. The van der Waals surface area contributed by atoms with Gasteiger partial charge in [0, 0.05) is 6.61 Å². The third-order valence-electron chi connectivity index (χ3n) is 3.89. The average molecular weight is 275 g/mol. The lowest BCUT2D eigenvalue weighted by Crippen LogP contribution is -2.41. The Morgan fingerprint density at radius 2 is 1.44 bits per heavy atom. The number of rotatable bonds is 10.